The lowest BCUT2D eigenvalue weighted by atomic mass is 10.0. The van der Waals surface area contributed by atoms with Gasteiger partial charge in [0, 0.05) is 18.2 Å². The minimum Gasteiger partial charge on any atom is -0.490 e. The van der Waals surface area contributed by atoms with Gasteiger partial charge in [0.15, 0.2) is 11.5 Å². The van der Waals surface area contributed by atoms with Crippen molar-refractivity contribution in [1.29, 1.82) is 0 Å². The van der Waals surface area contributed by atoms with Crippen LogP contribution in [0.5, 0.6) is 11.5 Å². The van der Waals surface area contributed by atoms with Gasteiger partial charge in [-0.25, -0.2) is 0 Å². The Morgan fingerprint density at radius 3 is 2.24 bits per heavy atom. The van der Waals surface area contributed by atoms with Crippen molar-refractivity contribution in [2.75, 3.05) is 6.61 Å². The third-order valence-electron chi connectivity index (χ3n) is 4.82. The summed E-state index contributed by atoms with van der Waals surface area (Å²) in [6, 6.07) is 25.6. The van der Waals surface area contributed by atoms with E-state index in [1.165, 1.54) is 0 Å². The lowest BCUT2D eigenvalue weighted by Crippen LogP contribution is -2.31. The summed E-state index contributed by atoms with van der Waals surface area (Å²) in [6.45, 7) is 5.55. The van der Waals surface area contributed by atoms with Gasteiger partial charge in [-0.3, -0.25) is 0 Å². The molecule has 4 heteroatoms. The zero-order valence-corrected chi connectivity index (χ0v) is 17.0. The molecule has 29 heavy (non-hydrogen) atoms. The fourth-order valence-electron chi connectivity index (χ4n) is 3.18. The highest BCUT2D eigenvalue weighted by Gasteiger charge is 2.17. The lowest BCUT2D eigenvalue weighted by molar-refractivity contribution is 0.135. The van der Waals surface area contributed by atoms with Gasteiger partial charge in [0.2, 0.25) is 0 Å². The summed E-state index contributed by atoms with van der Waals surface area (Å²) in [5.74, 6) is 1.48. The molecule has 0 saturated heterocycles. The van der Waals surface area contributed by atoms with Crippen LogP contribution in [0.4, 0.5) is 0 Å². The van der Waals surface area contributed by atoms with E-state index < -0.39 is 6.10 Å². The molecule has 0 fully saturated rings. The molecule has 3 rings (SSSR count). The Labute approximate surface area is 173 Å². The van der Waals surface area contributed by atoms with Crippen LogP contribution in [0.2, 0.25) is 0 Å². The molecule has 4 nitrogen and oxygen atoms in total. The summed E-state index contributed by atoms with van der Waals surface area (Å²) in [5, 5.41) is 14.0. The summed E-state index contributed by atoms with van der Waals surface area (Å²) in [5.41, 5.74) is 3.00. The molecule has 2 atom stereocenters. The van der Waals surface area contributed by atoms with Gasteiger partial charge in [-0.1, -0.05) is 72.8 Å². The van der Waals surface area contributed by atoms with Gasteiger partial charge < -0.3 is 19.9 Å². The van der Waals surface area contributed by atoms with Crippen molar-refractivity contribution in [3.05, 3.63) is 95.6 Å². The molecule has 3 aromatic rings. The van der Waals surface area contributed by atoms with Crippen LogP contribution in [0, 0.1) is 0 Å². The van der Waals surface area contributed by atoms with Gasteiger partial charge in [0.1, 0.15) is 6.61 Å². The number of nitrogens with one attached hydrogen (secondary N) is 1. The van der Waals surface area contributed by atoms with E-state index in [1.807, 2.05) is 92.7 Å². The Morgan fingerprint density at radius 2 is 1.55 bits per heavy atom. The molecule has 0 aliphatic rings. The third kappa shape index (κ3) is 5.83. The molecule has 0 aromatic heterocycles. The Hall–Kier alpha value is -2.82. The van der Waals surface area contributed by atoms with Crippen LogP contribution >= 0.6 is 0 Å². The Morgan fingerprint density at radius 1 is 0.862 bits per heavy atom. The standard InChI is InChI=1S/C25H29NO3/c1-3-28-23-16-10-15-22(25(23)29-18-20-11-6-4-7-12-20)17-26-19(2)24(27)21-13-8-5-9-14-21/h4-16,19,24,26-27H,3,17-18H2,1-2H3/t19-,24-/m1/s1. The summed E-state index contributed by atoms with van der Waals surface area (Å²) < 4.78 is 11.9. The maximum absolute atomic E-state index is 10.6. The smallest absolute Gasteiger partial charge is 0.166 e. The Kier molecular flexibility index (Phi) is 7.68. The summed E-state index contributed by atoms with van der Waals surface area (Å²) >= 11 is 0. The monoisotopic (exact) mass is 391 g/mol. The molecule has 0 saturated carbocycles. The zero-order valence-electron chi connectivity index (χ0n) is 17.0. The lowest BCUT2D eigenvalue weighted by Gasteiger charge is -2.22. The zero-order chi connectivity index (χ0) is 20.5. The number of ether oxygens (including phenoxy) is 2. The number of hydrogen-bond acceptors (Lipinski definition) is 4. The van der Waals surface area contributed by atoms with E-state index in [1.54, 1.807) is 0 Å². The van der Waals surface area contributed by atoms with Crippen LogP contribution in [0.1, 0.15) is 36.6 Å². The molecule has 0 heterocycles. The van der Waals surface area contributed by atoms with Crippen LogP contribution in [0.25, 0.3) is 0 Å². The minimum atomic E-state index is -0.583. The van der Waals surface area contributed by atoms with Crippen molar-refractivity contribution in [3.63, 3.8) is 0 Å². The number of aliphatic hydroxyl groups excluding tert-OH is 1. The van der Waals surface area contributed by atoms with Crippen molar-refractivity contribution in [3.8, 4) is 11.5 Å². The molecular weight excluding hydrogens is 362 g/mol. The first kappa shape index (κ1) is 20.9. The fraction of sp³-hybridized carbons (Fsp3) is 0.280. The Bertz CT molecular complexity index is 868. The average molecular weight is 392 g/mol. The van der Waals surface area contributed by atoms with Crippen LogP contribution in [-0.4, -0.2) is 17.8 Å². The van der Waals surface area contributed by atoms with Crippen molar-refractivity contribution >= 4 is 0 Å². The van der Waals surface area contributed by atoms with E-state index in [0.717, 1.165) is 28.2 Å². The highest BCUT2D eigenvalue weighted by Crippen LogP contribution is 2.32. The molecule has 0 radical (unpaired) electrons. The number of rotatable bonds is 10. The molecule has 0 aliphatic heterocycles. The summed E-state index contributed by atoms with van der Waals surface area (Å²) in [7, 11) is 0. The first-order valence-corrected chi connectivity index (χ1v) is 10.1. The number of aliphatic hydroxyl groups is 1. The third-order valence-corrected chi connectivity index (χ3v) is 4.82. The molecule has 0 unspecified atom stereocenters. The normalized spacial score (nSPS) is 12.9. The van der Waals surface area contributed by atoms with E-state index in [0.29, 0.717) is 19.8 Å². The molecule has 0 spiro atoms. The van der Waals surface area contributed by atoms with Gasteiger partial charge in [0.05, 0.1) is 12.7 Å². The highest BCUT2D eigenvalue weighted by atomic mass is 16.5. The van der Waals surface area contributed by atoms with Gasteiger partial charge in [0.25, 0.3) is 0 Å². The van der Waals surface area contributed by atoms with Gasteiger partial charge >= 0.3 is 0 Å². The first-order valence-electron chi connectivity index (χ1n) is 10.1. The quantitative estimate of drug-likeness (QED) is 0.517. The molecule has 152 valence electrons. The number of para-hydroxylation sites is 1. The van der Waals surface area contributed by atoms with Gasteiger partial charge in [-0.05, 0) is 31.0 Å². The minimum absolute atomic E-state index is 0.116. The number of hydrogen-bond donors (Lipinski definition) is 2. The van der Waals surface area contributed by atoms with Gasteiger partial charge in [-0.2, -0.15) is 0 Å². The average Bonchev–Trinajstić information content (AvgIpc) is 2.77. The maximum Gasteiger partial charge on any atom is 0.166 e. The fourth-order valence-corrected chi connectivity index (χ4v) is 3.18. The van der Waals surface area contributed by atoms with Crippen LogP contribution in [0.15, 0.2) is 78.9 Å². The number of benzene rings is 3. The maximum atomic E-state index is 10.6. The van der Waals surface area contributed by atoms with Crippen LogP contribution < -0.4 is 14.8 Å². The van der Waals surface area contributed by atoms with E-state index in [-0.39, 0.29) is 6.04 Å². The van der Waals surface area contributed by atoms with E-state index in [2.05, 4.69) is 5.32 Å². The summed E-state index contributed by atoms with van der Waals surface area (Å²) in [6.07, 6.45) is -0.583. The van der Waals surface area contributed by atoms with E-state index in [4.69, 9.17) is 9.47 Å². The first-order chi connectivity index (χ1) is 14.2. The molecule has 0 aliphatic carbocycles. The van der Waals surface area contributed by atoms with Crippen molar-refractivity contribution in [2.45, 2.75) is 39.1 Å². The highest BCUT2D eigenvalue weighted by molar-refractivity contribution is 5.47. The topological polar surface area (TPSA) is 50.7 Å². The molecule has 0 amide bonds. The second-order valence-corrected chi connectivity index (χ2v) is 6.98. The summed E-state index contributed by atoms with van der Waals surface area (Å²) in [4.78, 5) is 0. The van der Waals surface area contributed by atoms with E-state index in [9.17, 15) is 5.11 Å². The molecule has 3 aromatic carbocycles. The van der Waals surface area contributed by atoms with E-state index >= 15 is 0 Å². The van der Waals surface area contributed by atoms with Crippen molar-refractivity contribution in [1.82, 2.24) is 5.32 Å². The van der Waals surface area contributed by atoms with Crippen LogP contribution in [0.3, 0.4) is 0 Å². The van der Waals surface area contributed by atoms with Crippen molar-refractivity contribution < 1.29 is 14.6 Å². The molecule has 2 N–H and O–H groups in total. The molecular formula is C25H29NO3. The van der Waals surface area contributed by atoms with Crippen molar-refractivity contribution in [2.24, 2.45) is 0 Å². The Balaban J connectivity index is 1.71. The van der Waals surface area contributed by atoms with Gasteiger partial charge in [-0.15, -0.1) is 0 Å². The molecule has 0 bridgehead atoms. The second-order valence-electron chi connectivity index (χ2n) is 6.98. The SMILES string of the molecule is CCOc1cccc(CN[C@H](C)[C@@H](O)c2ccccc2)c1OCc1ccccc1. The largest absolute Gasteiger partial charge is 0.490 e. The predicted octanol–water partition coefficient (Wildman–Crippen LogP) is 4.88. The van der Waals surface area contributed by atoms with Crippen LogP contribution in [-0.2, 0) is 13.2 Å². The second kappa shape index (κ2) is 10.6. The predicted molar refractivity (Wildman–Crippen MR) is 116 cm³/mol.